The standard InChI is InChI=1S/C35H41F2N5O4/c1-4-23-25(36)10-9-21-18-22(43)19-24(27(21)23)30-29(37)31-28(33(38-30)44-3)32(42-14-7-16-45-17-15-42)40-34(39-31)46-20-35-11-5-8-26(35)41(2)13-6-12-35/h9-10,18-19,26,43H,4-8,11-17,20H2,1-3H3. The second-order valence-corrected chi connectivity index (χ2v) is 12.9. The molecule has 0 bridgehead atoms. The lowest BCUT2D eigenvalue weighted by Crippen LogP contribution is -2.50. The number of halogens is 2. The Labute approximate surface area is 267 Å². The molecule has 1 saturated carbocycles. The molecule has 2 saturated heterocycles. The first-order chi connectivity index (χ1) is 22.3. The van der Waals surface area contributed by atoms with Gasteiger partial charge in [-0.15, -0.1) is 0 Å². The van der Waals surface area contributed by atoms with Crippen molar-refractivity contribution in [1.29, 1.82) is 0 Å². The van der Waals surface area contributed by atoms with Gasteiger partial charge < -0.3 is 29.1 Å². The van der Waals surface area contributed by atoms with Crippen LogP contribution >= 0.6 is 0 Å². The molecule has 0 amide bonds. The zero-order valence-corrected chi connectivity index (χ0v) is 26.7. The van der Waals surface area contributed by atoms with E-state index in [0.717, 1.165) is 45.1 Å². The Bertz CT molecular complexity index is 1780. The van der Waals surface area contributed by atoms with Crippen LogP contribution in [0.2, 0.25) is 0 Å². The lowest BCUT2D eigenvalue weighted by molar-refractivity contribution is 0.0133. The van der Waals surface area contributed by atoms with E-state index in [9.17, 15) is 5.11 Å². The molecule has 0 spiro atoms. The predicted molar refractivity (Wildman–Crippen MR) is 173 cm³/mol. The van der Waals surface area contributed by atoms with Crippen LogP contribution in [0.3, 0.4) is 0 Å². The summed E-state index contributed by atoms with van der Waals surface area (Å²) >= 11 is 0. The van der Waals surface area contributed by atoms with Crippen LogP contribution in [0, 0.1) is 17.0 Å². The quantitative estimate of drug-likeness (QED) is 0.253. The molecule has 4 heterocycles. The topological polar surface area (TPSA) is 93.1 Å². The SMILES string of the molecule is CCc1c(F)ccc2cc(O)cc(-c3nc(OC)c4c(N5CCCOCC5)nc(OCC56CCCC5N(C)CCC6)nc4c3F)c12. The average Bonchev–Trinajstić information content (AvgIpc) is 3.31. The van der Waals surface area contributed by atoms with Gasteiger partial charge in [0.2, 0.25) is 5.88 Å². The Morgan fingerprint density at radius 2 is 1.87 bits per heavy atom. The second-order valence-electron chi connectivity index (χ2n) is 12.9. The molecule has 7 rings (SSSR count). The summed E-state index contributed by atoms with van der Waals surface area (Å²) in [6, 6.07) is 6.43. The molecule has 9 nitrogen and oxygen atoms in total. The number of rotatable bonds is 7. The van der Waals surface area contributed by atoms with Gasteiger partial charge in [0.15, 0.2) is 5.82 Å². The number of fused-ring (bicyclic) bond motifs is 3. The van der Waals surface area contributed by atoms with E-state index >= 15 is 8.78 Å². The molecular formula is C35H41F2N5O4. The fourth-order valence-electron chi connectivity index (χ4n) is 8.10. The highest BCUT2D eigenvalue weighted by atomic mass is 19.1. The molecule has 2 atom stereocenters. The van der Waals surface area contributed by atoms with Gasteiger partial charge in [-0.2, -0.15) is 9.97 Å². The molecule has 4 aromatic rings. The number of hydrogen-bond donors (Lipinski definition) is 1. The molecule has 0 radical (unpaired) electrons. The van der Waals surface area contributed by atoms with Crippen molar-refractivity contribution in [3.63, 3.8) is 0 Å². The number of benzene rings is 2. The zero-order valence-electron chi connectivity index (χ0n) is 26.7. The number of pyridine rings is 1. The summed E-state index contributed by atoms with van der Waals surface area (Å²) in [7, 11) is 3.66. The minimum Gasteiger partial charge on any atom is -0.508 e. The molecule has 244 valence electrons. The van der Waals surface area contributed by atoms with Crippen molar-refractivity contribution in [2.24, 2.45) is 5.41 Å². The summed E-state index contributed by atoms with van der Waals surface area (Å²) in [6.45, 7) is 5.67. The third-order valence-electron chi connectivity index (χ3n) is 10.3. The Kier molecular flexibility index (Phi) is 8.31. The minimum atomic E-state index is -0.720. The van der Waals surface area contributed by atoms with Crippen LogP contribution in [0.25, 0.3) is 32.9 Å². The maximum atomic E-state index is 17.0. The van der Waals surface area contributed by atoms with Crippen molar-refractivity contribution in [1.82, 2.24) is 19.9 Å². The van der Waals surface area contributed by atoms with Crippen molar-refractivity contribution in [2.45, 2.75) is 57.9 Å². The van der Waals surface area contributed by atoms with Crippen LogP contribution in [-0.4, -0.2) is 84.6 Å². The van der Waals surface area contributed by atoms with Gasteiger partial charge in [-0.1, -0.05) is 19.4 Å². The third-order valence-corrected chi connectivity index (χ3v) is 10.3. The van der Waals surface area contributed by atoms with E-state index in [0.29, 0.717) is 72.9 Å². The van der Waals surface area contributed by atoms with E-state index in [-0.39, 0.29) is 39.8 Å². The monoisotopic (exact) mass is 633 g/mol. The smallest absolute Gasteiger partial charge is 0.319 e. The Morgan fingerprint density at radius 1 is 1.02 bits per heavy atom. The predicted octanol–water partition coefficient (Wildman–Crippen LogP) is 6.27. The van der Waals surface area contributed by atoms with Gasteiger partial charge in [0.05, 0.1) is 20.3 Å². The van der Waals surface area contributed by atoms with Crippen LogP contribution in [0.5, 0.6) is 17.6 Å². The van der Waals surface area contributed by atoms with Crippen LogP contribution in [0.1, 0.15) is 51.0 Å². The highest BCUT2D eigenvalue weighted by Crippen LogP contribution is 2.48. The molecule has 2 aromatic heterocycles. The first kappa shape index (κ1) is 30.8. The van der Waals surface area contributed by atoms with Gasteiger partial charge in [-0.3, -0.25) is 0 Å². The number of aryl methyl sites for hydroxylation is 1. The van der Waals surface area contributed by atoms with Gasteiger partial charge in [-0.05, 0) is 86.7 Å². The summed E-state index contributed by atoms with van der Waals surface area (Å²) in [5.41, 5.74) is 0.575. The van der Waals surface area contributed by atoms with Crippen molar-refractivity contribution in [3.8, 4) is 28.9 Å². The summed E-state index contributed by atoms with van der Waals surface area (Å²) < 4.78 is 50.1. The van der Waals surface area contributed by atoms with E-state index in [2.05, 4.69) is 21.9 Å². The van der Waals surface area contributed by atoms with E-state index in [1.54, 1.807) is 12.1 Å². The second kappa shape index (κ2) is 12.4. The fraction of sp³-hybridized carbons (Fsp3) is 0.514. The fourth-order valence-corrected chi connectivity index (χ4v) is 8.10. The van der Waals surface area contributed by atoms with Gasteiger partial charge in [0.25, 0.3) is 0 Å². The Balaban J connectivity index is 1.42. The van der Waals surface area contributed by atoms with Gasteiger partial charge in [-0.25, -0.2) is 13.8 Å². The number of anilines is 1. The maximum absolute atomic E-state index is 17.0. The normalized spacial score (nSPS) is 22.3. The van der Waals surface area contributed by atoms with Crippen LogP contribution in [0.4, 0.5) is 14.6 Å². The summed E-state index contributed by atoms with van der Waals surface area (Å²) in [5, 5.41) is 12.1. The summed E-state index contributed by atoms with van der Waals surface area (Å²) in [6.07, 6.45) is 6.67. The molecule has 2 aromatic carbocycles. The lowest BCUT2D eigenvalue weighted by Gasteiger charge is -2.44. The van der Waals surface area contributed by atoms with E-state index in [1.165, 1.54) is 19.2 Å². The largest absolute Gasteiger partial charge is 0.508 e. The first-order valence-corrected chi connectivity index (χ1v) is 16.4. The van der Waals surface area contributed by atoms with E-state index < -0.39 is 11.6 Å². The van der Waals surface area contributed by atoms with Crippen molar-refractivity contribution >= 4 is 27.5 Å². The highest BCUT2D eigenvalue weighted by Gasteiger charge is 2.47. The molecule has 11 heteroatoms. The van der Waals surface area contributed by atoms with Crippen LogP contribution in [-0.2, 0) is 11.2 Å². The van der Waals surface area contributed by atoms with E-state index in [1.807, 2.05) is 11.8 Å². The number of hydrogen-bond acceptors (Lipinski definition) is 9. The Hall–Kier alpha value is -3.83. The van der Waals surface area contributed by atoms with Crippen LogP contribution in [0.15, 0.2) is 24.3 Å². The number of ether oxygens (including phenoxy) is 3. The number of phenols is 1. The minimum absolute atomic E-state index is 0.000746. The number of nitrogens with zero attached hydrogens (tertiary/aromatic N) is 5. The number of piperidine rings is 1. The Morgan fingerprint density at radius 3 is 2.70 bits per heavy atom. The van der Waals surface area contributed by atoms with E-state index in [4.69, 9.17) is 19.2 Å². The number of aromatic hydroxyl groups is 1. The first-order valence-electron chi connectivity index (χ1n) is 16.4. The summed E-state index contributed by atoms with van der Waals surface area (Å²) in [5.74, 6) is -0.606. The van der Waals surface area contributed by atoms with Crippen molar-refractivity contribution < 1.29 is 28.1 Å². The lowest BCUT2D eigenvalue weighted by atomic mass is 9.76. The third kappa shape index (κ3) is 5.27. The molecular weight excluding hydrogens is 592 g/mol. The molecule has 1 aliphatic carbocycles. The highest BCUT2D eigenvalue weighted by molar-refractivity contribution is 6.03. The van der Waals surface area contributed by atoms with Crippen molar-refractivity contribution in [3.05, 3.63) is 41.5 Å². The average molecular weight is 634 g/mol. The van der Waals surface area contributed by atoms with Gasteiger partial charge >= 0.3 is 6.01 Å². The number of methoxy groups -OCH3 is 1. The van der Waals surface area contributed by atoms with Gasteiger partial charge in [0.1, 0.15) is 34.0 Å². The number of likely N-dealkylation sites (tertiary alicyclic amines) is 1. The van der Waals surface area contributed by atoms with Crippen LogP contribution < -0.4 is 14.4 Å². The number of aromatic nitrogens is 3. The number of phenolic OH excluding ortho intramolecular Hbond substituents is 1. The molecule has 1 N–H and O–H groups in total. The molecule has 2 aliphatic heterocycles. The maximum Gasteiger partial charge on any atom is 0.319 e. The molecule has 3 aliphatic rings. The van der Waals surface area contributed by atoms with Crippen molar-refractivity contribution in [2.75, 3.05) is 58.5 Å². The molecule has 2 unspecified atom stereocenters. The van der Waals surface area contributed by atoms with Gasteiger partial charge in [0, 0.05) is 36.7 Å². The summed E-state index contributed by atoms with van der Waals surface area (Å²) in [4.78, 5) is 18.7. The molecule has 3 fully saturated rings. The zero-order chi connectivity index (χ0) is 32.0. The molecule has 46 heavy (non-hydrogen) atoms.